The summed E-state index contributed by atoms with van der Waals surface area (Å²) in [6.45, 7) is 4.34. The highest BCUT2D eigenvalue weighted by atomic mass is 16.5. The summed E-state index contributed by atoms with van der Waals surface area (Å²) in [6.07, 6.45) is 1.27. The van der Waals surface area contributed by atoms with Gasteiger partial charge in [-0.15, -0.1) is 0 Å². The van der Waals surface area contributed by atoms with Gasteiger partial charge in [-0.05, 0) is 49.6 Å². The number of hydrogen-bond donors (Lipinski definition) is 1. The first-order valence-corrected chi connectivity index (χ1v) is 11.1. The Bertz CT molecular complexity index is 1050. The third-order valence-corrected chi connectivity index (χ3v) is 6.36. The van der Waals surface area contributed by atoms with E-state index in [0.717, 1.165) is 28.2 Å². The van der Waals surface area contributed by atoms with Gasteiger partial charge in [0.2, 0.25) is 5.91 Å². The molecule has 1 aromatic heterocycles. The number of fused-ring (bicyclic) bond motifs is 1. The van der Waals surface area contributed by atoms with E-state index in [0.29, 0.717) is 39.2 Å². The van der Waals surface area contributed by atoms with Crippen molar-refractivity contribution in [1.29, 1.82) is 0 Å². The van der Waals surface area contributed by atoms with Crippen LogP contribution in [0.2, 0.25) is 0 Å². The van der Waals surface area contributed by atoms with Crippen LogP contribution in [0.4, 0.5) is 0 Å². The maximum absolute atomic E-state index is 13.7. The molecule has 7 heteroatoms. The van der Waals surface area contributed by atoms with Crippen molar-refractivity contribution in [2.24, 2.45) is 0 Å². The van der Waals surface area contributed by atoms with Crippen molar-refractivity contribution in [2.45, 2.75) is 37.8 Å². The topological polar surface area (TPSA) is 74.6 Å². The molecular formula is C25H31N3O4. The molecule has 0 spiro atoms. The van der Waals surface area contributed by atoms with Crippen LogP contribution < -0.4 is 10.1 Å². The molecule has 0 unspecified atom stereocenters. The van der Waals surface area contributed by atoms with Crippen molar-refractivity contribution < 1.29 is 19.0 Å². The zero-order valence-corrected chi connectivity index (χ0v) is 19.0. The first kappa shape index (κ1) is 22.3. The van der Waals surface area contributed by atoms with Gasteiger partial charge >= 0.3 is 0 Å². The van der Waals surface area contributed by atoms with Crippen LogP contribution in [0, 0.1) is 0 Å². The number of ether oxygens (including phenoxy) is 3. The maximum atomic E-state index is 13.7. The molecule has 170 valence electrons. The number of para-hydroxylation sites is 2. The number of methoxy groups -OCH3 is 2. The fourth-order valence-corrected chi connectivity index (χ4v) is 4.52. The lowest BCUT2D eigenvalue weighted by molar-refractivity contribution is -0.131. The van der Waals surface area contributed by atoms with E-state index in [1.165, 1.54) is 0 Å². The van der Waals surface area contributed by atoms with Crippen LogP contribution in [-0.2, 0) is 26.2 Å². The SMILES string of the molecule is COCCn1c([C@H](C)NC(=O)C2(c3ccc(OC)cc3)CCOCC2)nc2ccccc21. The lowest BCUT2D eigenvalue weighted by Crippen LogP contribution is -2.48. The molecule has 4 rings (SSSR count). The zero-order valence-electron chi connectivity index (χ0n) is 19.0. The van der Waals surface area contributed by atoms with Gasteiger partial charge in [0.15, 0.2) is 0 Å². The Labute approximate surface area is 188 Å². The molecule has 1 saturated heterocycles. The molecule has 32 heavy (non-hydrogen) atoms. The minimum Gasteiger partial charge on any atom is -0.497 e. The minimum absolute atomic E-state index is 0.00353. The summed E-state index contributed by atoms with van der Waals surface area (Å²) in [5, 5.41) is 3.26. The summed E-state index contributed by atoms with van der Waals surface area (Å²) in [5.41, 5.74) is 2.30. The third-order valence-electron chi connectivity index (χ3n) is 6.36. The number of carbonyl (C=O) groups excluding carboxylic acids is 1. The molecule has 7 nitrogen and oxygen atoms in total. The van der Waals surface area contributed by atoms with Crippen LogP contribution in [0.1, 0.15) is 37.2 Å². The Hall–Kier alpha value is -2.90. The van der Waals surface area contributed by atoms with Crippen molar-refractivity contribution in [3.63, 3.8) is 0 Å². The lowest BCUT2D eigenvalue weighted by atomic mass is 9.73. The predicted octanol–water partition coefficient (Wildman–Crippen LogP) is 3.62. The van der Waals surface area contributed by atoms with Crippen LogP contribution in [0.5, 0.6) is 5.75 Å². The first-order valence-electron chi connectivity index (χ1n) is 11.1. The van der Waals surface area contributed by atoms with Crippen molar-refractivity contribution in [2.75, 3.05) is 34.0 Å². The highest BCUT2D eigenvalue weighted by Crippen LogP contribution is 2.37. The maximum Gasteiger partial charge on any atom is 0.231 e. The van der Waals surface area contributed by atoms with Gasteiger partial charge in [0.05, 0.1) is 36.2 Å². The van der Waals surface area contributed by atoms with Gasteiger partial charge in [0, 0.05) is 26.9 Å². The summed E-state index contributed by atoms with van der Waals surface area (Å²) in [6, 6.07) is 15.6. The summed E-state index contributed by atoms with van der Waals surface area (Å²) in [7, 11) is 3.33. The zero-order chi connectivity index (χ0) is 22.6. The Morgan fingerprint density at radius 1 is 1.16 bits per heavy atom. The van der Waals surface area contributed by atoms with Crippen LogP contribution in [0.15, 0.2) is 48.5 Å². The Balaban J connectivity index is 1.63. The van der Waals surface area contributed by atoms with Crippen molar-refractivity contribution in [3.8, 4) is 5.75 Å². The molecule has 2 aromatic carbocycles. The van der Waals surface area contributed by atoms with Crippen LogP contribution in [-0.4, -0.2) is 49.5 Å². The quantitative estimate of drug-likeness (QED) is 0.583. The standard InChI is InChI=1S/C25H31N3O4/c1-18(23-27-21-6-4-5-7-22(21)28(23)14-17-30-2)26-24(29)25(12-15-32-16-13-25)19-8-10-20(31-3)11-9-19/h4-11,18H,12-17H2,1-3H3,(H,26,29)/t18-/m0/s1. The number of carbonyl (C=O) groups is 1. The Morgan fingerprint density at radius 2 is 1.88 bits per heavy atom. The van der Waals surface area contributed by atoms with Crippen LogP contribution in [0.3, 0.4) is 0 Å². The van der Waals surface area contributed by atoms with E-state index in [1.54, 1.807) is 14.2 Å². The summed E-state index contributed by atoms with van der Waals surface area (Å²) in [5.74, 6) is 1.61. The molecule has 0 bridgehead atoms. The number of nitrogens with zero attached hydrogens (tertiary/aromatic N) is 2. The fourth-order valence-electron chi connectivity index (χ4n) is 4.52. The summed E-state index contributed by atoms with van der Waals surface area (Å²) >= 11 is 0. The Morgan fingerprint density at radius 3 is 2.56 bits per heavy atom. The molecule has 0 saturated carbocycles. The number of imidazole rings is 1. The molecule has 1 amide bonds. The van der Waals surface area contributed by atoms with E-state index in [4.69, 9.17) is 19.2 Å². The predicted molar refractivity (Wildman–Crippen MR) is 123 cm³/mol. The highest BCUT2D eigenvalue weighted by molar-refractivity contribution is 5.89. The van der Waals surface area contributed by atoms with Crippen LogP contribution >= 0.6 is 0 Å². The molecule has 1 aliphatic heterocycles. The third kappa shape index (κ3) is 4.23. The van der Waals surface area contributed by atoms with Gasteiger partial charge < -0.3 is 24.1 Å². The molecule has 1 N–H and O–H groups in total. The molecule has 2 heterocycles. The van der Waals surface area contributed by atoms with Gasteiger partial charge in [-0.2, -0.15) is 0 Å². The molecule has 0 aliphatic carbocycles. The van der Waals surface area contributed by atoms with Gasteiger partial charge in [-0.25, -0.2) is 4.98 Å². The monoisotopic (exact) mass is 437 g/mol. The van der Waals surface area contributed by atoms with Crippen LogP contribution in [0.25, 0.3) is 11.0 Å². The number of hydrogen-bond acceptors (Lipinski definition) is 5. The van der Waals surface area contributed by atoms with E-state index in [9.17, 15) is 4.79 Å². The minimum atomic E-state index is -0.637. The second kappa shape index (κ2) is 9.71. The number of benzene rings is 2. The Kier molecular flexibility index (Phi) is 6.77. The average molecular weight is 438 g/mol. The number of aromatic nitrogens is 2. The first-order chi connectivity index (χ1) is 15.6. The van der Waals surface area contributed by atoms with Gasteiger partial charge in [-0.3, -0.25) is 4.79 Å². The molecular weight excluding hydrogens is 406 g/mol. The van der Waals surface area contributed by atoms with E-state index >= 15 is 0 Å². The summed E-state index contributed by atoms with van der Waals surface area (Å²) in [4.78, 5) is 18.6. The van der Waals surface area contributed by atoms with Gasteiger partial charge in [-0.1, -0.05) is 24.3 Å². The fraction of sp³-hybridized carbons (Fsp3) is 0.440. The highest BCUT2D eigenvalue weighted by Gasteiger charge is 2.42. The smallest absolute Gasteiger partial charge is 0.231 e. The molecule has 1 aliphatic rings. The summed E-state index contributed by atoms with van der Waals surface area (Å²) < 4.78 is 18.3. The normalized spacial score (nSPS) is 16.6. The molecule has 0 radical (unpaired) electrons. The largest absolute Gasteiger partial charge is 0.497 e. The number of rotatable bonds is 8. The van der Waals surface area contributed by atoms with Crippen molar-refractivity contribution >= 4 is 16.9 Å². The number of amides is 1. The molecule has 1 fully saturated rings. The number of nitrogens with one attached hydrogen (secondary N) is 1. The van der Waals surface area contributed by atoms with E-state index in [2.05, 4.69) is 9.88 Å². The second-order valence-electron chi connectivity index (χ2n) is 8.22. The van der Waals surface area contributed by atoms with E-state index in [-0.39, 0.29) is 11.9 Å². The second-order valence-corrected chi connectivity index (χ2v) is 8.22. The lowest BCUT2D eigenvalue weighted by Gasteiger charge is -2.37. The van der Waals surface area contributed by atoms with E-state index in [1.807, 2.05) is 55.5 Å². The van der Waals surface area contributed by atoms with E-state index < -0.39 is 5.41 Å². The van der Waals surface area contributed by atoms with Crippen molar-refractivity contribution in [3.05, 3.63) is 59.9 Å². The van der Waals surface area contributed by atoms with Gasteiger partial charge in [0.1, 0.15) is 11.6 Å². The average Bonchev–Trinajstić information content (AvgIpc) is 3.22. The molecule has 3 aromatic rings. The van der Waals surface area contributed by atoms with Gasteiger partial charge in [0.25, 0.3) is 0 Å². The molecule has 1 atom stereocenters. The van der Waals surface area contributed by atoms with Crippen molar-refractivity contribution in [1.82, 2.24) is 14.9 Å².